The van der Waals surface area contributed by atoms with Crippen LogP contribution in [0.2, 0.25) is 0 Å². The van der Waals surface area contributed by atoms with E-state index in [0.717, 1.165) is 17.7 Å². The number of nitrogens with zero attached hydrogens (tertiary/aromatic N) is 5. The number of phenols is 1. The fraction of sp³-hybridized carbons (Fsp3) is 0.292. The van der Waals surface area contributed by atoms with Crippen LogP contribution in [-0.4, -0.2) is 64.0 Å². The van der Waals surface area contributed by atoms with Crippen LogP contribution >= 0.6 is 11.8 Å². The van der Waals surface area contributed by atoms with Gasteiger partial charge in [-0.1, -0.05) is 18.2 Å². The smallest absolute Gasteiger partial charge is 0.282 e. The second-order valence-corrected chi connectivity index (χ2v) is 11.2. The minimum Gasteiger partial charge on any atom is -0.508 e. The molecule has 12 heteroatoms. The quantitative estimate of drug-likeness (QED) is 0.284. The van der Waals surface area contributed by atoms with E-state index in [9.17, 15) is 13.5 Å². The molecule has 0 spiro atoms. The van der Waals surface area contributed by atoms with Gasteiger partial charge < -0.3 is 19.9 Å². The van der Waals surface area contributed by atoms with Crippen LogP contribution in [0.5, 0.6) is 5.75 Å². The van der Waals surface area contributed by atoms with E-state index in [-0.39, 0.29) is 22.4 Å². The van der Waals surface area contributed by atoms with Crippen molar-refractivity contribution >= 4 is 50.1 Å². The fourth-order valence-corrected chi connectivity index (χ4v) is 5.06. The van der Waals surface area contributed by atoms with Gasteiger partial charge in [0.25, 0.3) is 10.0 Å². The molecule has 0 saturated carbocycles. The molecule has 3 N–H and O–H groups in total. The molecular formula is C24H29N7O3S2. The highest BCUT2D eigenvalue weighted by Gasteiger charge is 2.23. The lowest BCUT2D eigenvalue weighted by Gasteiger charge is -2.16. The summed E-state index contributed by atoms with van der Waals surface area (Å²) in [4.78, 5) is 15.4. The van der Waals surface area contributed by atoms with Crippen molar-refractivity contribution in [2.45, 2.75) is 18.0 Å². The third kappa shape index (κ3) is 5.89. The van der Waals surface area contributed by atoms with Crippen molar-refractivity contribution in [2.75, 3.05) is 36.1 Å². The highest BCUT2D eigenvalue weighted by molar-refractivity contribution is 7.98. The van der Waals surface area contributed by atoms with Gasteiger partial charge in [0, 0.05) is 25.0 Å². The van der Waals surface area contributed by atoms with Gasteiger partial charge >= 0.3 is 0 Å². The lowest BCUT2D eigenvalue weighted by atomic mass is 10.1. The van der Waals surface area contributed by atoms with Gasteiger partial charge in [-0.15, -0.1) is 0 Å². The van der Waals surface area contributed by atoms with Crippen LogP contribution in [0.25, 0.3) is 11.0 Å². The lowest BCUT2D eigenvalue weighted by Crippen LogP contribution is -2.17. The van der Waals surface area contributed by atoms with Crippen molar-refractivity contribution in [3.63, 3.8) is 0 Å². The Kier molecular flexibility index (Phi) is 7.67. The van der Waals surface area contributed by atoms with Gasteiger partial charge in [-0.05, 0) is 56.3 Å². The number of aromatic hydroxyl groups is 1. The van der Waals surface area contributed by atoms with Crippen molar-refractivity contribution in [3.05, 3.63) is 60.0 Å². The van der Waals surface area contributed by atoms with Crippen molar-refractivity contribution in [2.24, 2.45) is 7.05 Å². The zero-order chi connectivity index (χ0) is 25.9. The molecule has 190 valence electrons. The number of benzene rings is 2. The molecule has 0 saturated heterocycles. The fourth-order valence-electron chi connectivity index (χ4n) is 3.61. The molecule has 2 aromatic heterocycles. The minimum absolute atomic E-state index is 0.0349. The first-order valence-electron chi connectivity index (χ1n) is 11.2. The number of para-hydroxylation sites is 2. The van der Waals surface area contributed by atoms with Crippen LogP contribution in [0.3, 0.4) is 0 Å². The molecule has 0 radical (unpaired) electrons. The summed E-state index contributed by atoms with van der Waals surface area (Å²) < 4.78 is 30.9. The standard InChI is InChI=1S/C24H29N7O3S2/c1-30(2)14-21-28-22(15-31(21)3)36(33,34)29-24-23(25-18-7-5-6-8-19(18)26-24)27-20-13-17(32)10-9-16(20)11-12-35-4/h5-10,13,15,32H,11-12,14H2,1-4H3,(H,25,27)(H,26,29). The zero-order valence-corrected chi connectivity index (χ0v) is 22.2. The topological polar surface area (TPSA) is 125 Å². The number of aromatic nitrogens is 4. The number of hydrogen-bond donors (Lipinski definition) is 3. The minimum atomic E-state index is -4.06. The first-order chi connectivity index (χ1) is 17.2. The Morgan fingerprint density at radius 2 is 1.75 bits per heavy atom. The maximum absolute atomic E-state index is 13.3. The maximum atomic E-state index is 13.3. The largest absolute Gasteiger partial charge is 0.508 e. The van der Waals surface area contributed by atoms with Gasteiger partial charge in [-0.3, -0.25) is 4.72 Å². The van der Waals surface area contributed by atoms with Crippen LogP contribution < -0.4 is 10.0 Å². The van der Waals surface area contributed by atoms with Crippen molar-refractivity contribution in [1.82, 2.24) is 24.4 Å². The summed E-state index contributed by atoms with van der Waals surface area (Å²) >= 11 is 1.71. The summed E-state index contributed by atoms with van der Waals surface area (Å²) in [5, 5.41) is 13.2. The van der Waals surface area contributed by atoms with E-state index in [4.69, 9.17) is 0 Å². The maximum Gasteiger partial charge on any atom is 0.282 e. The molecule has 0 aliphatic rings. The van der Waals surface area contributed by atoms with E-state index < -0.39 is 10.0 Å². The molecule has 0 bridgehead atoms. The molecule has 0 unspecified atom stereocenters. The van der Waals surface area contributed by atoms with Crippen LogP contribution in [0.15, 0.2) is 53.7 Å². The Bertz CT molecular complexity index is 1490. The lowest BCUT2D eigenvalue weighted by molar-refractivity contribution is 0.384. The van der Waals surface area contributed by atoms with E-state index in [0.29, 0.717) is 29.1 Å². The van der Waals surface area contributed by atoms with E-state index in [1.54, 1.807) is 47.6 Å². The second-order valence-electron chi connectivity index (χ2n) is 8.57. The summed E-state index contributed by atoms with van der Waals surface area (Å²) in [6.07, 6.45) is 4.25. The number of phenolic OH excluding ortho intramolecular Hbond substituents is 1. The first kappa shape index (κ1) is 25.7. The van der Waals surface area contributed by atoms with E-state index in [1.807, 2.05) is 43.5 Å². The summed E-state index contributed by atoms with van der Waals surface area (Å²) in [7, 11) is 1.47. The molecule has 0 atom stereocenters. The van der Waals surface area contributed by atoms with E-state index in [2.05, 4.69) is 25.0 Å². The number of nitrogens with one attached hydrogen (secondary N) is 2. The highest BCUT2D eigenvalue weighted by atomic mass is 32.2. The molecule has 0 amide bonds. The Hall–Kier alpha value is -3.35. The van der Waals surface area contributed by atoms with Gasteiger partial charge in [-0.2, -0.15) is 20.2 Å². The number of imidazole rings is 1. The second kappa shape index (κ2) is 10.7. The number of hydrogen-bond acceptors (Lipinski definition) is 9. The Balaban J connectivity index is 1.75. The van der Waals surface area contributed by atoms with Crippen LogP contribution in [-0.2, 0) is 30.0 Å². The molecule has 4 aromatic rings. The zero-order valence-electron chi connectivity index (χ0n) is 20.6. The predicted octanol–water partition coefficient (Wildman–Crippen LogP) is 3.58. The van der Waals surface area contributed by atoms with E-state index in [1.165, 1.54) is 6.20 Å². The van der Waals surface area contributed by atoms with Gasteiger partial charge in [0.1, 0.15) is 11.6 Å². The first-order valence-corrected chi connectivity index (χ1v) is 14.1. The molecule has 36 heavy (non-hydrogen) atoms. The van der Waals surface area contributed by atoms with Crippen LogP contribution in [0.4, 0.5) is 17.3 Å². The average molecular weight is 528 g/mol. The van der Waals surface area contributed by atoms with Gasteiger partial charge in [0.2, 0.25) is 0 Å². The Morgan fingerprint density at radius 1 is 1.06 bits per heavy atom. The molecule has 10 nitrogen and oxygen atoms in total. The van der Waals surface area contributed by atoms with Crippen molar-refractivity contribution < 1.29 is 13.5 Å². The number of anilines is 3. The highest BCUT2D eigenvalue weighted by Crippen LogP contribution is 2.31. The van der Waals surface area contributed by atoms with Crippen molar-refractivity contribution in [3.8, 4) is 5.75 Å². The van der Waals surface area contributed by atoms with Crippen molar-refractivity contribution in [1.29, 1.82) is 0 Å². The van der Waals surface area contributed by atoms with Crippen LogP contribution in [0.1, 0.15) is 11.4 Å². The van der Waals surface area contributed by atoms with E-state index >= 15 is 0 Å². The van der Waals surface area contributed by atoms with Gasteiger partial charge in [0.15, 0.2) is 16.7 Å². The molecule has 2 heterocycles. The predicted molar refractivity (Wildman–Crippen MR) is 144 cm³/mol. The third-order valence-electron chi connectivity index (χ3n) is 5.41. The number of sulfonamides is 1. The number of aryl methyl sites for hydroxylation is 2. The molecular weight excluding hydrogens is 498 g/mol. The molecule has 4 rings (SSSR count). The summed E-state index contributed by atoms with van der Waals surface area (Å²) in [6, 6.07) is 12.3. The van der Waals surface area contributed by atoms with Gasteiger partial charge in [-0.25, -0.2) is 15.0 Å². The summed E-state index contributed by atoms with van der Waals surface area (Å²) in [5.74, 6) is 1.84. The molecule has 0 aliphatic heterocycles. The SMILES string of the molecule is CSCCc1ccc(O)cc1Nc1nc2ccccc2nc1NS(=O)(=O)c1cn(C)c(CN(C)C)n1. The monoisotopic (exact) mass is 527 g/mol. The summed E-state index contributed by atoms with van der Waals surface area (Å²) in [5.41, 5.74) is 2.72. The molecule has 2 aromatic carbocycles. The number of fused-ring (bicyclic) bond motifs is 1. The normalized spacial score (nSPS) is 11.8. The van der Waals surface area contributed by atoms with Gasteiger partial charge in [0.05, 0.1) is 17.6 Å². The van der Waals surface area contributed by atoms with Crippen LogP contribution in [0, 0.1) is 0 Å². The number of thioether (sulfide) groups is 1. The Morgan fingerprint density at radius 3 is 2.42 bits per heavy atom. The molecule has 0 aliphatic carbocycles. The molecule has 0 fully saturated rings. The third-order valence-corrected chi connectivity index (χ3v) is 7.23. The average Bonchev–Trinajstić information content (AvgIpc) is 3.19. The number of rotatable bonds is 10. The Labute approximate surface area is 214 Å². The summed E-state index contributed by atoms with van der Waals surface area (Å²) in [6.45, 7) is 0.491.